The van der Waals surface area contributed by atoms with E-state index in [1.807, 2.05) is 39.3 Å². The molecule has 2 rings (SSSR count). The van der Waals surface area contributed by atoms with E-state index in [4.69, 9.17) is 0 Å². The van der Waals surface area contributed by atoms with Gasteiger partial charge in [-0.15, -0.1) is 0 Å². The monoisotopic (exact) mass is 566 g/mol. The Morgan fingerprint density at radius 2 is 1.32 bits per heavy atom. The summed E-state index contributed by atoms with van der Waals surface area (Å²) >= 11 is 0. The average molecular weight is 567 g/mol. The first-order chi connectivity index (χ1) is 18.2. The first-order valence-corrected chi connectivity index (χ1v) is 11.9. The van der Waals surface area contributed by atoms with E-state index in [-0.39, 0.29) is 13.4 Å². The predicted molar refractivity (Wildman–Crippen MR) is 147 cm³/mol. The number of imidazole rings is 2. The quantitative estimate of drug-likeness (QED) is 0.151. The van der Waals surface area contributed by atoms with E-state index >= 15 is 0 Å². The number of hydrogen-bond acceptors (Lipinski definition) is 11. The zero-order valence-corrected chi connectivity index (χ0v) is 24.2. The largest absolute Gasteiger partial charge is 0.464 e. The van der Waals surface area contributed by atoms with E-state index in [0.29, 0.717) is 29.8 Å². The van der Waals surface area contributed by atoms with Crippen molar-refractivity contribution in [2.75, 3.05) is 14.2 Å². The summed E-state index contributed by atoms with van der Waals surface area (Å²) in [7, 11) is 6.05. The summed E-state index contributed by atoms with van der Waals surface area (Å²) in [6.07, 6.45) is 3.40. The fourth-order valence-electron chi connectivity index (χ4n) is 2.89. The summed E-state index contributed by atoms with van der Waals surface area (Å²) in [5.74, 6) is -2.18. The minimum atomic E-state index is -1.11. The maximum atomic E-state index is 11.2. The molecule has 40 heavy (non-hydrogen) atoms. The molecule has 0 saturated carbocycles. The van der Waals surface area contributed by atoms with Crippen molar-refractivity contribution in [3.63, 3.8) is 0 Å². The molecule has 0 aromatic carbocycles. The van der Waals surface area contributed by atoms with Crippen LogP contribution in [0.15, 0.2) is 0 Å². The molecule has 13 nitrogen and oxygen atoms in total. The minimum Gasteiger partial charge on any atom is -0.464 e. The Morgan fingerprint density at radius 1 is 0.850 bits per heavy atom. The summed E-state index contributed by atoms with van der Waals surface area (Å²) < 4.78 is 12.2. The second-order valence-electron chi connectivity index (χ2n) is 7.67. The third-order valence-electron chi connectivity index (χ3n) is 5.04. The van der Waals surface area contributed by atoms with Crippen LogP contribution in [0.3, 0.4) is 0 Å². The van der Waals surface area contributed by atoms with Crippen LogP contribution in [0, 0.1) is 13.8 Å². The zero-order chi connectivity index (χ0) is 30.9. The molecule has 0 N–H and O–H groups in total. The van der Waals surface area contributed by atoms with Gasteiger partial charge in [-0.3, -0.25) is 19.2 Å². The van der Waals surface area contributed by atoms with Gasteiger partial charge in [-0.05, 0) is 13.8 Å². The van der Waals surface area contributed by atoms with Gasteiger partial charge in [-0.2, -0.15) is 0 Å². The zero-order valence-electron chi connectivity index (χ0n) is 24.2. The van der Waals surface area contributed by atoms with Gasteiger partial charge in [-0.1, -0.05) is 28.2 Å². The number of esters is 2. The molecule has 13 heteroatoms. The van der Waals surface area contributed by atoms with Crippen molar-refractivity contribution < 1.29 is 43.0 Å². The van der Waals surface area contributed by atoms with Gasteiger partial charge in [0.1, 0.15) is 23.6 Å². The minimum absolute atomic E-state index is 0. The Hall–Kier alpha value is -4.29. The van der Waals surface area contributed by atoms with Gasteiger partial charge >= 0.3 is 17.7 Å². The smallest absolute Gasteiger partial charge is 0.382 e. The molecular weight excluding hydrogens is 524 g/mol. The Labute approximate surface area is 235 Å². The molecular formula is C27H42N4O9. The molecule has 0 fully saturated rings. The number of aldehydes is 2. The molecule has 2 aromatic heterocycles. The van der Waals surface area contributed by atoms with Gasteiger partial charge in [0.25, 0.3) is 0 Å². The van der Waals surface area contributed by atoms with Crippen molar-refractivity contribution in [2.24, 2.45) is 14.1 Å². The van der Waals surface area contributed by atoms with Gasteiger partial charge in [0.15, 0.2) is 12.0 Å². The second kappa shape index (κ2) is 20.6. The maximum absolute atomic E-state index is 11.2. The fraction of sp³-hybridized carbons (Fsp3) is 0.519. The van der Waals surface area contributed by atoms with Crippen LogP contribution in [0.5, 0.6) is 0 Å². The third-order valence-corrected chi connectivity index (χ3v) is 5.04. The number of Topliss-reactive ketones (excluding diaryl/α,β-unsaturated/α-hetero) is 3. The number of carbonyl (C=O) groups is 7. The number of methoxy groups -OCH3 is 2. The SMILES string of the molecule is C.CCC=O.CCc1nc(C(=O)OC)c(C)n1C.CCc1nc(C)c(C(=O)C=O)n1C.COC(=O)C(=O)C(C)=O. The van der Waals surface area contributed by atoms with E-state index in [1.165, 1.54) is 7.11 Å². The Balaban J connectivity index is -0.000000483. The molecule has 0 saturated heterocycles. The fourth-order valence-corrected chi connectivity index (χ4v) is 2.89. The number of rotatable bonds is 8. The Kier molecular flexibility index (Phi) is 20.8. The highest BCUT2D eigenvalue weighted by Gasteiger charge is 2.18. The number of aryl methyl sites for hydroxylation is 3. The van der Waals surface area contributed by atoms with Gasteiger partial charge < -0.3 is 23.4 Å². The normalized spacial score (nSPS) is 9.05. The molecule has 2 aromatic rings. The predicted octanol–water partition coefficient (Wildman–Crippen LogP) is 2.30. The summed E-state index contributed by atoms with van der Waals surface area (Å²) in [6.45, 7) is 10.4. The maximum Gasteiger partial charge on any atom is 0.382 e. The highest BCUT2D eigenvalue weighted by molar-refractivity contribution is 6.61. The van der Waals surface area contributed by atoms with E-state index in [0.717, 1.165) is 50.5 Å². The van der Waals surface area contributed by atoms with Crippen molar-refractivity contribution in [3.8, 4) is 0 Å². The Bertz CT molecular complexity index is 1180. The van der Waals surface area contributed by atoms with Crippen molar-refractivity contribution in [1.29, 1.82) is 0 Å². The highest BCUT2D eigenvalue weighted by Crippen LogP contribution is 2.11. The molecule has 2 heterocycles. The summed E-state index contributed by atoms with van der Waals surface area (Å²) in [6, 6.07) is 0. The summed E-state index contributed by atoms with van der Waals surface area (Å²) in [5, 5.41) is 0. The van der Waals surface area contributed by atoms with Gasteiger partial charge in [0.05, 0.1) is 19.9 Å². The van der Waals surface area contributed by atoms with Gasteiger partial charge in [0.2, 0.25) is 11.6 Å². The van der Waals surface area contributed by atoms with Crippen LogP contribution in [0.1, 0.15) is 85.6 Å². The first kappa shape index (κ1) is 40.2. The summed E-state index contributed by atoms with van der Waals surface area (Å²) in [4.78, 5) is 80.7. The third kappa shape index (κ3) is 12.0. The number of ketones is 3. The molecule has 0 aliphatic carbocycles. The average Bonchev–Trinajstić information content (AvgIpc) is 3.40. The number of nitrogens with zero attached hydrogens (tertiary/aromatic N) is 4. The topological polar surface area (TPSA) is 174 Å². The molecule has 0 amide bonds. The molecule has 0 aliphatic heterocycles. The number of aromatic nitrogens is 4. The van der Waals surface area contributed by atoms with Crippen LogP contribution in [0.25, 0.3) is 0 Å². The van der Waals surface area contributed by atoms with Crippen molar-refractivity contribution in [1.82, 2.24) is 19.1 Å². The van der Waals surface area contributed by atoms with E-state index < -0.39 is 23.3 Å². The van der Waals surface area contributed by atoms with Gasteiger partial charge in [-0.25, -0.2) is 19.6 Å². The molecule has 0 bridgehead atoms. The van der Waals surface area contributed by atoms with E-state index in [1.54, 1.807) is 18.5 Å². The van der Waals surface area contributed by atoms with Crippen LogP contribution in [0.4, 0.5) is 0 Å². The first-order valence-electron chi connectivity index (χ1n) is 11.9. The molecule has 0 atom stereocenters. The van der Waals surface area contributed by atoms with E-state index in [9.17, 15) is 33.6 Å². The highest BCUT2D eigenvalue weighted by atomic mass is 16.5. The van der Waals surface area contributed by atoms with Crippen molar-refractivity contribution >= 4 is 41.9 Å². The molecule has 0 spiro atoms. The van der Waals surface area contributed by atoms with Crippen LogP contribution >= 0.6 is 0 Å². The lowest BCUT2D eigenvalue weighted by molar-refractivity contribution is -0.154. The number of hydrogen-bond donors (Lipinski definition) is 0. The molecule has 0 aliphatic rings. The second-order valence-corrected chi connectivity index (χ2v) is 7.67. The standard InChI is InChI=1S/C9H14N2O2.C9H12N2O2.C5H6O4.C3H6O.CH4/c1-5-7-10-8(9(12)13-4)6(2)11(7)3;1-4-8-10-6(2)9(11(8)3)7(13)5-12;1-3(6)4(7)5(8)9-2;1-2-3-4;/h5H2,1-4H3;5H,4H2,1-3H3;1-2H3;3H,2H2,1H3;1H4. The van der Waals surface area contributed by atoms with Crippen LogP contribution in [-0.4, -0.2) is 75.2 Å². The summed E-state index contributed by atoms with van der Waals surface area (Å²) in [5.41, 5.74) is 2.29. The Morgan fingerprint density at radius 3 is 1.60 bits per heavy atom. The van der Waals surface area contributed by atoms with Crippen molar-refractivity contribution in [2.45, 2.75) is 68.2 Å². The van der Waals surface area contributed by atoms with Crippen LogP contribution in [-0.2, 0) is 60.4 Å². The molecule has 0 unspecified atom stereocenters. The van der Waals surface area contributed by atoms with E-state index in [2.05, 4.69) is 19.4 Å². The lowest BCUT2D eigenvalue weighted by Crippen LogP contribution is -2.22. The number of carbonyl (C=O) groups excluding carboxylic acids is 7. The molecule has 224 valence electrons. The van der Waals surface area contributed by atoms with Crippen LogP contribution in [0.2, 0.25) is 0 Å². The number of ether oxygens (including phenoxy) is 2. The molecule has 0 radical (unpaired) electrons. The van der Waals surface area contributed by atoms with Crippen molar-refractivity contribution in [3.05, 3.63) is 34.4 Å². The van der Waals surface area contributed by atoms with Crippen LogP contribution < -0.4 is 0 Å². The van der Waals surface area contributed by atoms with Gasteiger partial charge in [0, 0.05) is 46.0 Å². The lowest BCUT2D eigenvalue weighted by atomic mass is 10.2. The lowest BCUT2D eigenvalue weighted by Gasteiger charge is -1.99.